The first-order valence-corrected chi connectivity index (χ1v) is 8.29. The summed E-state index contributed by atoms with van der Waals surface area (Å²) in [5.41, 5.74) is 3.56. The van der Waals surface area contributed by atoms with Gasteiger partial charge in [-0.15, -0.1) is 0 Å². The molecule has 0 aliphatic heterocycles. The fourth-order valence-electron chi connectivity index (χ4n) is 3.00. The minimum Gasteiger partial charge on any atom is -0.505 e. The number of carbonyl (C=O) groups excluding carboxylic acids is 1. The number of pyridine rings is 1. The van der Waals surface area contributed by atoms with Crippen LogP contribution in [0.2, 0.25) is 5.02 Å². The van der Waals surface area contributed by atoms with Crippen LogP contribution in [0.25, 0.3) is 5.57 Å². The average molecular weight is 344 g/mol. The number of rotatable bonds is 5. The zero-order chi connectivity index (χ0) is 16.9. The highest BCUT2D eigenvalue weighted by Gasteiger charge is 2.18. The maximum Gasteiger partial charge on any atom is 0.157 e. The third-order valence-corrected chi connectivity index (χ3v) is 4.56. The van der Waals surface area contributed by atoms with Crippen molar-refractivity contribution in [2.75, 3.05) is 6.61 Å². The molecule has 0 saturated heterocycles. The van der Waals surface area contributed by atoms with Gasteiger partial charge in [-0.3, -0.25) is 9.78 Å². The third-order valence-electron chi connectivity index (χ3n) is 4.23. The molecule has 1 N–H and O–H groups in total. The molecule has 1 aliphatic carbocycles. The lowest BCUT2D eigenvalue weighted by molar-refractivity contribution is 0.111. The second-order valence-corrected chi connectivity index (χ2v) is 6.15. The number of hydrogen-bond acceptors (Lipinski definition) is 4. The molecule has 1 aliphatic rings. The lowest BCUT2D eigenvalue weighted by Crippen LogP contribution is -2.09. The van der Waals surface area contributed by atoms with Crippen LogP contribution in [0.4, 0.5) is 0 Å². The summed E-state index contributed by atoms with van der Waals surface area (Å²) in [7, 11) is 0. The number of benzene rings is 1. The molecule has 4 nitrogen and oxygen atoms in total. The summed E-state index contributed by atoms with van der Waals surface area (Å²) in [6.45, 7) is 0.354. The van der Waals surface area contributed by atoms with Crippen LogP contribution in [0.3, 0.4) is 0 Å². The minimum atomic E-state index is -0.175. The summed E-state index contributed by atoms with van der Waals surface area (Å²) in [5, 5.41) is 10.4. The smallest absolute Gasteiger partial charge is 0.157 e. The van der Waals surface area contributed by atoms with Gasteiger partial charge in [0.05, 0.1) is 12.4 Å². The number of halogens is 1. The van der Waals surface area contributed by atoms with E-state index in [0.717, 1.165) is 36.3 Å². The van der Waals surface area contributed by atoms with E-state index in [2.05, 4.69) is 4.98 Å². The Morgan fingerprint density at radius 3 is 2.79 bits per heavy atom. The molecule has 0 bridgehead atoms. The summed E-state index contributed by atoms with van der Waals surface area (Å²) in [4.78, 5) is 15.0. The topological polar surface area (TPSA) is 59.4 Å². The van der Waals surface area contributed by atoms with E-state index in [9.17, 15) is 9.90 Å². The van der Waals surface area contributed by atoms with Gasteiger partial charge in [0.2, 0.25) is 0 Å². The van der Waals surface area contributed by atoms with Crippen molar-refractivity contribution < 1.29 is 14.6 Å². The highest BCUT2D eigenvalue weighted by molar-refractivity contribution is 6.32. The standard InChI is InChI=1S/C19H18ClNO3/c20-17-8-4-3-7-15(17)14-6-2-1-5-13(14)12-24-19-10-21-9-18(23)16(19)11-22/h3-4,7-11,23H,1-2,5-6,12H2. The van der Waals surface area contributed by atoms with Gasteiger partial charge in [0.1, 0.15) is 17.9 Å². The SMILES string of the molecule is O=Cc1c(O)cncc1OCC1=C(c2ccccc2Cl)CCCC1. The lowest BCUT2D eigenvalue weighted by Gasteiger charge is -2.22. The van der Waals surface area contributed by atoms with Crippen molar-refractivity contribution in [3.05, 3.63) is 58.4 Å². The summed E-state index contributed by atoms with van der Waals surface area (Å²) < 4.78 is 5.79. The van der Waals surface area contributed by atoms with Crippen molar-refractivity contribution in [3.8, 4) is 11.5 Å². The number of hydrogen-bond donors (Lipinski definition) is 1. The van der Waals surface area contributed by atoms with E-state index in [1.165, 1.54) is 23.5 Å². The normalized spacial score (nSPS) is 14.5. The van der Waals surface area contributed by atoms with Crippen LogP contribution in [0.1, 0.15) is 41.6 Å². The Morgan fingerprint density at radius 2 is 2.00 bits per heavy atom. The number of nitrogens with zero attached hydrogens (tertiary/aromatic N) is 1. The Hall–Kier alpha value is -2.33. The first kappa shape index (κ1) is 16.5. The minimum absolute atomic E-state index is 0.126. The van der Waals surface area contributed by atoms with Crippen molar-refractivity contribution >= 4 is 23.5 Å². The Bertz CT molecular complexity index is 786. The Labute approximate surface area is 145 Å². The molecule has 0 fully saturated rings. The molecule has 5 heteroatoms. The number of aromatic hydroxyl groups is 1. The maximum atomic E-state index is 11.1. The summed E-state index contributed by atoms with van der Waals surface area (Å²) in [6.07, 6.45) is 7.37. The van der Waals surface area contributed by atoms with Gasteiger partial charge in [-0.25, -0.2) is 0 Å². The molecular formula is C19H18ClNO3. The molecule has 24 heavy (non-hydrogen) atoms. The fraction of sp³-hybridized carbons (Fsp3) is 0.263. The van der Waals surface area contributed by atoms with Gasteiger partial charge in [0, 0.05) is 5.02 Å². The molecule has 0 spiro atoms. The van der Waals surface area contributed by atoms with Crippen LogP contribution in [0.15, 0.2) is 42.2 Å². The van der Waals surface area contributed by atoms with E-state index in [1.807, 2.05) is 24.3 Å². The zero-order valence-electron chi connectivity index (χ0n) is 13.2. The highest BCUT2D eigenvalue weighted by Crippen LogP contribution is 2.36. The van der Waals surface area contributed by atoms with Crippen molar-refractivity contribution in [1.82, 2.24) is 4.98 Å². The third kappa shape index (κ3) is 3.44. The molecule has 0 unspecified atom stereocenters. The number of ether oxygens (including phenoxy) is 1. The van der Waals surface area contributed by atoms with Crippen molar-refractivity contribution in [1.29, 1.82) is 0 Å². The van der Waals surface area contributed by atoms with Crippen LogP contribution >= 0.6 is 11.6 Å². The van der Waals surface area contributed by atoms with Gasteiger partial charge in [0.25, 0.3) is 0 Å². The van der Waals surface area contributed by atoms with E-state index >= 15 is 0 Å². The zero-order valence-corrected chi connectivity index (χ0v) is 13.9. The van der Waals surface area contributed by atoms with Gasteiger partial charge in [-0.2, -0.15) is 0 Å². The molecular weight excluding hydrogens is 326 g/mol. The van der Waals surface area contributed by atoms with Crippen molar-refractivity contribution in [3.63, 3.8) is 0 Å². The second kappa shape index (κ2) is 7.49. The van der Waals surface area contributed by atoms with Gasteiger partial charge >= 0.3 is 0 Å². The van der Waals surface area contributed by atoms with Gasteiger partial charge in [0.15, 0.2) is 12.0 Å². The fourth-order valence-corrected chi connectivity index (χ4v) is 3.25. The van der Waals surface area contributed by atoms with Crippen molar-refractivity contribution in [2.45, 2.75) is 25.7 Å². The molecule has 0 atom stereocenters. The first-order valence-electron chi connectivity index (χ1n) is 7.91. The molecule has 2 aromatic rings. The summed E-state index contributed by atoms with van der Waals surface area (Å²) in [6, 6.07) is 7.81. The molecule has 0 saturated carbocycles. The first-order chi connectivity index (χ1) is 11.7. The Kier molecular flexibility index (Phi) is 5.16. The molecule has 124 valence electrons. The Balaban J connectivity index is 1.88. The van der Waals surface area contributed by atoms with Crippen LogP contribution in [0, 0.1) is 0 Å². The number of allylic oxidation sites excluding steroid dienone is 1. The predicted molar refractivity (Wildman–Crippen MR) is 93.6 cm³/mol. The molecule has 0 amide bonds. The van der Waals surface area contributed by atoms with Crippen LogP contribution < -0.4 is 4.74 Å². The summed E-state index contributed by atoms with van der Waals surface area (Å²) in [5.74, 6) is 0.119. The quantitative estimate of drug-likeness (QED) is 0.802. The molecule has 1 aromatic heterocycles. The number of aromatic nitrogens is 1. The van der Waals surface area contributed by atoms with Gasteiger partial charge in [-0.1, -0.05) is 29.8 Å². The van der Waals surface area contributed by atoms with Crippen molar-refractivity contribution in [2.24, 2.45) is 0 Å². The molecule has 0 radical (unpaired) electrons. The van der Waals surface area contributed by atoms with E-state index < -0.39 is 0 Å². The van der Waals surface area contributed by atoms with Gasteiger partial charge in [-0.05, 0) is 48.5 Å². The Morgan fingerprint density at radius 1 is 1.21 bits per heavy atom. The summed E-state index contributed by atoms with van der Waals surface area (Å²) >= 11 is 6.34. The van der Waals surface area contributed by atoms with E-state index in [-0.39, 0.29) is 11.3 Å². The van der Waals surface area contributed by atoms with Crippen LogP contribution in [0.5, 0.6) is 11.5 Å². The molecule has 1 heterocycles. The second-order valence-electron chi connectivity index (χ2n) is 5.75. The maximum absolute atomic E-state index is 11.1. The number of carbonyl (C=O) groups is 1. The van der Waals surface area contributed by atoms with Gasteiger partial charge < -0.3 is 9.84 Å². The van der Waals surface area contributed by atoms with E-state index in [1.54, 1.807) is 0 Å². The largest absolute Gasteiger partial charge is 0.505 e. The molecule has 1 aromatic carbocycles. The van der Waals surface area contributed by atoms with E-state index in [0.29, 0.717) is 18.6 Å². The number of aldehydes is 1. The highest BCUT2D eigenvalue weighted by atomic mass is 35.5. The van der Waals surface area contributed by atoms with Crippen LogP contribution in [-0.4, -0.2) is 23.0 Å². The molecule has 3 rings (SSSR count). The predicted octanol–water partition coefficient (Wildman–Crippen LogP) is 4.66. The van der Waals surface area contributed by atoms with E-state index in [4.69, 9.17) is 16.3 Å². The monoisotopic (exact) mass is 343 g/mol. The van der Waals surface area contributed by atoms with Crippen LogP contribution in [-0.2, 0) is 0 Å². The average Bonchev–Trinajstić information content (AvgIpc) is 2.61. The lowest BCUT2D eigenvalue weighted by atomic mass is 9.87.